The molecule has 7 atom stereocenters. The van der Waals surface area contributed by atoms with Gasteiger partial charge < -0.3 is 43.2 Å². The molecule has 0 aliphatic heterocycles. The fraction of sp³-hybridized carbons (Fsp3) is 0.923. The molecule has 0 aromatic carbocycles. The van der Waals surface area contributed by atoms with Gasteiger partial charge in [-0.15, -0.1) is 0 Å². The molecule has 0 bridgehead atoms. The molecule has 13 heteroatoms. The van der Waals surface area contributed by atoms with Crippen LogP contribution in [0.1, 0.15) is 226 Å². The average molecular weight is 946 g/mol. The molecule has 65 heavy (non-hydrogen) atoms. The van der Waals surface area contributed by atoms with Crippen LogP contribution >= 0.6 is 7.82 Å². The molecule has 0 amide bonds. The van der Waals surface area contributed by atoms with Gasteiger partial charge in [-0.3, -0.25) is 14.2 Å². The maximum absolute atomic E-state index is 12.9. The zero-order valence-corrected chi connectivity index (χ0v) is 43.2. The summed E-state index contributed by atoms with van der Waals surface area (Å²) in [6, 6.07) is 0. The molecule has 0 spiro atoms. The molecule has 3 N–H and O–H groups in total. The second kappa shape index (κ2) is 39.5. The van der Waals surface area contributed by atoms with Crippen molar-refractivity contribution < 1.29 is 57.4 Å². The van der Waals surface area contributed by atoms with Gasteiger partial charge >= 0.3 is 11.9 Å². The molecule has 1 saturated carbocycles. The summed E-state index contributed by atoms with van der Waals surface area (Å²) >= 11 is 0. The second-order valence-electron chi connectivity index (χ2n) is 20.2. The van der Waals surface area contributed by atoms with Crippen LogP contribution in [0.5, 0.6) is 0 Å². The topological polar surface area (TPSA) is 172 Å². The summed E-state index contributed by atoms with van der Waals surface area (Å²) in [5.41, 5.74) is 0. The van der Waals surface area contributed by atoms with E-state index >= 15 is 0 Å². The number of hydrogen-bond acceptors (Lipinski definition) is 11. The number of rotatable bonds is 45. The molecule has 1 aliphatic carbocycles. The van der Waals surface area contributed by atoms with Crippen molar-refractivity contribution in [2.75, 3.05) is 47.5 Å². The average Bonchev–Trinajstić information content (AvgIpc) is 3.52. The Labute approximate surface area is 397 Å². The number of esters is 2. The first-order valence-electron chi connectivity index (χ1n) is 26.7. The number of quaternary nitrogens is 1. The Balaban J connectivity index is 2.34. The van der Waals surface area contributed by atoms with Crippen molar-refractivity contribution in [3.05, 3.63) is 12.2 Å². The van der Waals surface area contributed by atoms with E-state index in [0.29, 0.717) is 36.7 Å². The minimum atomic E-state index is -4.69. The lowest BCUT2D eigenvalue weighted by Gasteiger charge is -2.28. The number of aliphatic hydroxyl groups excluding tert-OH is 3. The van der Waals surface area contributed by atoms with Gasteiger partial charge in [0, 0.05) is 25.2 Å². The summed E-state index contributed by atoms with van der Waals surface area (Å²) in [4.78, 5) is 38.0. The van der Waals surface area contributed by atoms with E-state index in [0.717, 1.165) is 64.2 Å². The first-order chi connectivity index (χ1) is 31.2. The Morgan fingerprint density at radius 1 is 0.646 bits per heavy atom. The number of carbonyl (C=O) groups is 2. The summed E-state index contributed by atoms with van der Waals surface area (Å²) in [6.45, 7) is 3.93. The largest absolute Gasteiger partial charge is 0.756 e. The molecular weight excluding hydrogens is 846 g/mol. The van der Waals surface area contributed by atoms with Gasteiger partial charge in [0.15, 0.2) is 6.10 Å². The molecule has 0 saturated heterocycles. The van der Waals surface area contributed by atoms with Gasteiger partial charge in [-0.2, -0.15) is 0 Å². The van der Waals surface area contributed by atoms with Crippen LogP contribution in [-0.2, 0) is 32.7 Å². The van der Waals surface area contributed by atoms with Gasteiger partial charge in [0.25, 0.3) is 7.82 Å². The zero-order valence-electron chi connectivity index (χ0n) is 42.3. The van der Waals surface area contributed by atoms with E-state index in [4.69, 9.17) is 18.5 Å². The molecule has 0 radical (unpaired) electrons. The van der Waals surface area contributed by atoms with E-state index in [9.17, 15) is 34.4 Å². The predicted molar refractivity (Wildman–Crippen MR) is 261 cm³/mol. The Hall–Kier alpha value is -1.37. The van der Waals surface area contributed by atoms with Crippen molar-refractivity contribution in [1.82, 2.24) is 0 Å². The molecule has 384 valence electrons. The fourth-order valence-electron chi connectivity index (χ4n) is 8.69. The van der Waals surface area contributed by atoms with Gasteiger partial charge in [-0.1, -0.05) is 193 Å². The Morgan fingerprint density at radius 2 is 1.11 bits per heavy atom. The predicted octanol–water partition coefficient (Wildman–Crippen LogP) is 11.4. The number of phosphoric ester groups is 1. The number of ether oxygens (including phenoxy) is 2. The third kappa shape index (κ3) is 36.3. The summed E-state index contributed by atoms with van der Waals surface area (Å²) in [5.74, 6) is -1.26. The lowest BCUT2D eigenvalue weighted by molar-refractivity contribution is -0.870. The Kier molecular flexibility index (Phi) is 37.4. The molecule has 1 aliphatic rings. The number of likely N-dealkylation sites (N-methyl/N-ethyl adjacent to an activating group) is 1. The lowest BCUT2D eigenvalue weighted by atomic mass is 9.88. The van der Waals surface area contributed by atoms with Crippen LogP contribution in [0.4, 0.5) is 0 Å². The third-order valence-corrected chi connectivity index (χ3v) is 13.9. The standard InChI is InChI=1S/C52H100NO11P/c1-6-8-10-11-12-13-14-15-16-17-18-19-20-21-22-23-24-25-26-27-32-36-51(57)61-43-46(44-63-65(59,60)62-41-40-53(3,4)5)64-52(58)37-33-29-28-31-35-47-48(50(56)42-49(47)55)39-38-45(54)34-30-9-7-2/h38-39,45-50,54-56H,6-37,40-44H2,1-5H3/b39-38+/t45-,46+,47+,48+,49-,50+/m0/s1. The van der Waals surface area contributed by atoms with Crippen LogP contribution in [0.15, 0.2) is 12.2 Å². The lowest BCUT2D eigenvalue weighted by Crippen LogP contribution is -2.37. The van der Waals surface area contributed by atoms with Crippen LogP contribution in [0.3, 0.4) is 0 Å². The van der Waals surface area contributed by atoms with Crippen molar-refractivity contribution in [1.29, 1.82) is 0 Å². The molecule has 1 unspecified atom stereocenters. The quantitative estimate of drug-likeness (QED) is 0.0174. The van der Waals surface area contributed by atoms with Crippen LogP contribution in [0.2, 0.25) is 0 Å². The Morgan fingerprint density at radius 3 is 1.62 bits per heavy atom. The normalized spacial score (nSPS) is 19.7. The first-order valence-corrected chi connectivity index (χ1v) is 28.1. The number of phosphoric acid groups is 1. The maximum Gasteiger partial charge on any atom is 0.306 e. The van der Waals surface area contributed by atoms with Gasteiger partial charge in [-0.25, -0.2) is 0 Å². The van der Waals surface area contributed by atoms with Crippen LogP contribution in [0.25, 0.3) is 0 Å². The van der Waals surface area contributed by atoms with Crippen LogP contribution in [-0.4, -0.2) is 104 Å². The van der Waals surface area contributed by atoms with Crippen molar-refractivity contribution >= 4 is 19.8 Å². The molecule has 0 heterocycles. The minimum Gasteiger partial charge on any atom is -0.756 e. The minimum absolute atomic E-state index is 0.0663. The van der Waals surface area contributed by atoms with E-state index in [2.05, 4.69) is 13.8 Å². The second-order valence-corrected chi connectivity index (χ2v) is 21.6. The van der Waals surface area contributed by atoms with Crippen LogP contribution in [0, 0.1) is 11.8 Å². The summed E-state index contributed by atoms with van der Waals surface area (Å²) in [6.07, 6.45) is 35.9. The SMILES string of the molecule is CCCCCCCCCCCCCCCCCCCCCCCC(=O)OC[C@H](COP(=O)([O-])OCC[N+](C)(C)C)OC(=O)CCCCCC[C@@H]1[C@@H](/C=C/[C@@H](O)CCCCC)[C@H](O)C[C@@H]1O. The highest BCUT2D eigenvalue weighted by Gasteiger charge is 2.39. The highest BCUT2D eigenvalue weighted by Crippen LogP contribution is 2.39. The van der Waals surface area contributed by atoms with Crippen molar-refractivity contribution in [2.45, 2.75) is 250 Å². The fourth-order valence-corrected chi connectivity index (χ4v) is 9.42. The number of aliphatic hydroxyl groups is 3. The number of carbonyl (C=O) groups excluding carboxylic acids is 2. The van der Waals surface area contributed by atoms with E-state index in [1.165, 1.54) is 109 Å². The number of nitrogens with zero attached hydrogens (tertiary/aromatic N) is 1. The molecular formula is C52H100NO11P. The first kappa shape index (κ1) is 61.6. The molecule has 0 aromatic rings. The van der Waals surface area contributed by atoms with E-state index in [1.807, 2.05) is 27.2 Å². The molecule has 1 fully saturated rings. The zero-order chi connectivity index (χ0) is 48.0. The van der Waals surface area contributed by atoms with Gasteiger partial charge in [0.05, 0.1) is 46.1 Å². The molecule has 0 aromatic heterocycles. The van der Waals surface area contributed by atoms with Crippen molar-refractivity contribution in [3.63, 3.8) is 0 Å². The highest BCUT2D eigenvalue weighted by molar-refractivity contribution is 7.45. The van der Waals surface area contributed by atoms with E-state index in [-0.39, 0.29) is 37.9 Å². The summed E-state index contributed by atoms with van der Waals surface area (Å²) in [7, 11) is 1.05. The molecule has 1 rings (SSSR count). The summed E-state index contributed by atoms with van der Waals surface area (Å²) < 4.78 is 34.1. The number of unbranched alkanes of at least 4 members (excludes halogenated alkanes) is 25. The van der Waals surface area contributed by atoms with Crippen LogP contribution < -0.4 is 4.89 Å². The smallest absolute Gasteiger partial charge is 0.306 e. The van der Waals surface area contributed by atoms with E-state index in [1.54, 1.807) is 6.08 Å². The highest BCUT2D eigenvalue weighted by atomic mass is 31.2. The summed E-state index contributed by atoms with van der Waals surface area (Å²) in [5, 5.41) is 31.5. The van der Waals surface area contributed by atoms with Gasteiger partial charge in [0.1, 0.15) is 19.8 Å². The molecule has 12 nitrogen and oxygen atoms in total. The monoisotopic (exact) mass is 946 g/mol. The van der Waals surface area contributed by atoms with Gasteiger partial charge in [0.2, 0.25) is 0 Å². The van der Waals surface area contributed by atoms with E-state index < -0.39 is 50.8 Å². The Bertz CT molecular complexity index is 1230. The number of hydrogen-bond donors (Lipinski definition) is 3. The van der Waals surface area contributed by atoms with Crippen molar-refractivity contribution in [2.24, 2.45) is 11.8 Å². The van der Waals surface area contributed by atoms with Crippen molar-refractivity contribution in [3.8, 4) is 0 Å². The van der Waals surface area contributed by atoms with Gasteiger partial charge in [-0.05, 0) is 31.6 Å². The maximum atomic E-state index is 12.9. The third-order valence-electron chi connectivity index (χ3n) is 12.9.